The summed E-state index contributed by atoms with van der Waals surface area (Å²) in [4.78, 5) is 16.2. The fourth-order valence-electron chi connectivity index (χ4n) is 2.99. The lowest BCUT2D eigenvalue weighted by molar-refractivity contribution is -0.127. The molecule has 0 aliphatic heterocycles. The number of rotatable bonds is 10. The molecule has 1 aliphatic carbocycles. The average Bonchev–Trinajstić information content (AvgIpc) is 2.58. The number of hydrogen-bond acceptors (Lipinski definition) is 4. The van der Waals surface area contributed by atoms with E-state index < -0.39 is 15.7 Å². The quantitative estimate of drug-likeness (QED) is 0.179. The summed E-state index contributed by atoms with van der Waals surface area (Å²) in [6.07, 6.45) is 5.02. The van der Waals surface area contributed by atoms with Crippen LogP contribution in [0.4, 0.5) is 4.39 Å². The van der Waals surface area contributed by atoms with Crippen LogP contribution >= 0.6 is 24.0 Å². The Kier molecular flexibility index (Phi) is 11.6. The van der Waals surface area contributed by atoms with Crippen molar-refractivity contribution in [2.75, 3.05) is 25.9 Å². The molecule has 0 atom stereocenters. The maximum absolute atomic E-state index is 13.6. The van der Waals surface area contributed by atoms with Gasteiger partial charge in [-0.25, -0.2) is 17.8 Å². The van der Waals surface area contributed by atoms with Gasteiger partial charge in [-0.1, -0.05) is 12.5 Å². The van der Waals surface area contributed by atoms with Gasteiger partial charge < -0.3 is 16.0 Å². The second kappa shape index (κ2) is 13.1. The summed E-state index contributed by atoms with van der Waals surface area (Å²) >= 11 is 0. The molecule has 3 N–H and O–H groups in total. The number of benzene rings is 1. The molecular weight excluding hydrogens is 522 g/mol. The van der Waals surface area contributed by atoms with Gasteiger partial charge in [-0.2, -0.15) is 0 Å². The lowest BCUT2D eigenvalue weighted by Crippen LogP contribution is -2.39. The van der Waals surface area contributed by atoms with Crippen molar-refractivity contribution < 1.29 is 17.6 Å². The molecule has 170 valence electrons. The molecule has 10 heteroatoms. The number of guanidine groups is 1. The van der Waals surface area contributed by atoms with Gasteiger partial charge in [0.1, 0.15) is 5.82 Å². The van der Waals surface area contributed by atoms with E-state index in [9.17, 15) is 17.6 Å². The Morgan fingerprint density at radius 2 is 1.87 bits per heavy atom. The monoisotopic (exact) mass is 554 g/mol. The highest BCUT2D eigenvalue weighted by Gasteiger charge is 2.24. The van der Waals surface area contributed by atoms with E-state index in [0.29, 0.717) is 36.7 Å². The lowest BCUT2D eigenvalue weighted by Gasteiger charge is -2.24. The minimum Gasteiger partial charge on any atom is -0.357 e. The number of amides is 1. The lowest BCUT2D eigenvalue weighted by atomic mass is 9.85. The van der Waals surface area contributed by atoms with Gasteiger partial charge >= 0.3 is 0 Å². The van der Waals surface area contributed by atoms with E-state index in [0.717, 1.165) is 31.9 Å². The molecule has 1 aromatic carbocycles. The first-order valence-corrected chi connectivity index (χ1v) is 12.1. The molecule has 1 fully saturated rings. The predicted octanol–water partition coefficient (Wildman–Crippen LogP) is 2.35. The van der Waals surface area contributed by atoms with Crippen molar-refractivity contribution in [2.24, 2.45) is 10.9 Å². The Labute approximate surface area is 195 Å². The summed E-state index contributed by atoms with van der Waals surface area (Å²) in [6.45, 7) is 3.98. The number of sulfone groups is 1. The Balaban J connectivity index is 0.00000450. The Hall–Kier alpha value is -1.43. The second-order valence-corrected chi connectivity index (χ2v) is 9.52. The van der Waals surface area contributed by atoms with E-state index in [1.807, 2.05) is 6.92 Å². The first-order chi connectivity index (χ1) is 13.8. The molecule has 7 nitrogen and oxygen atoms in total. The largest absolute Gasteiger partial charge is 0.357 e. The predicted molar refractivity (Wildman–Crippen MR) is 128 cm³/mol. The third-order valence-electron chi connectivity index (χ3n) is 4.76. The zero-order valence-electron chi connectivity index (χ0n) is 17.5. The van der Waals surface area contributed by atoms with Crippen LogP contribution in [0.5, 0.6) is 0 Å². The van der Waals surface area contributed by atoms with Crippen LogP contribution in [0.15, 0.2) is 23.2 Å². The maximum atomic E-state index is 13.6. The SMILES string of the molecule is CCNC(=NCc1cc(F)ccc1CS(C)(=O)=O)NCCCNC(=O)C1CCC1.I. The minimum atomic E-state index is -3.23. The number of carbonyl (C=O) groups is 1. The van der Waals surface area contributed by atoms with E-state index in [2.05, 4.69) is 20.9 Å². The first-order valence-electron chi connectivity index (χ1n) is 10.0. The van der Waals surface area contributed by atoms with Crippen molar-refractivity contribution in [1.29, 1.82) is 0 Å². The van der Waals surface area contributed by atoms with Crippen molar-refractivity contribution in [3.8, 4) is 0 Å². The molecule has 1 saturated carbocycles. The van der Waals surface area contributed by atoms with Gasteiger partial charge in [0.05, 0.1) is 12.3 Å². The summed E-state index contributed by atoms with van der Waals surface area (Å²) in [5, 5.41) is 9.24. The summed E-state index contributed by atoms with van der Waals surface area (Å²) in [5.41, 5.74) is 1.09. The molecule has 0 saturated heterocycles. The summed E-state index contributed by atoms with van der Waals surface area (Å²) in [7, 11) is -3.23. The molecule has 2 rings (SSSR count). The van der Waals surface area contributed by atoms with Crippen LogP contribution < -0.4 is 16.0 Å². The van der Waals surface area contributed by atoms with Gasteiger partial charge in [-0.3, -0.25) is 4.79 Å². The van der Waals surface area contributed by atoms with Gasteiger partial charge in [0.2, 0.25) is 5.91 Å². The van der Waals surface area contributed by atoms with Crippen LogP contribution in [0, 0.1) is 11.7 Å². The number of nitrogens with one attached hydrogen (secondary N) is 3. The normalized spacial score (nSPS) is 14.4. The molecule has 1 amide bonds. The third kappa shape index (κ3) is 9.59. The number of halogens is 2. The second-order valence-electron chi connectivity index (χ2n) is 7.38. The molecule has 1 aliphatic rings. The first kappa shape index (κ1) is 26.6. The molecule has 1 aromatic rings. The molecule has 0 radical (unpaired) electrons. The van der Waals surface area contributed by atoms with Crippen molar-refractivity contribution in [1.82, 2.24) is 16.0 Å². The number of aliphatic imine (C=N–C) groups is 1. The van der Waals surface area contributed by atoms with E-state index in [1.165, 1.54) is 18.2 Å². The molecule has 0 aromatic heterocycles. The molecule has 0 bridgehead atoms. The van der Waals surface area contributed by atoms with Gasteiger partial charge in [-0.15, -0.1) is 24.0 Å². The summed E-state index contributed by atoms with van der Waals surface area (Å²) in [6, 6.07) is 4.07. The van der Waals surface area contributed by atoms with Crippen molar-refractivity contribution in [3.63, 3.8) is 0 Å². The van der Waals surface area contributed by atoms with Crippen LogP contribution in [-0.2, 0) is 26.9 Å². The zero-order valence-corrected chi connectivity index (χ0v) is 20.7. The minimum absolute atomic E-state index is 0. The standard InChI is InChI=1S/C20H31FN4O3S.HI/c1-3-22-20(24-11-5-10-23-19(26)15-6-4-7-15)25-13-17-12-18(21)9-8-16(17)14-29(2,27)28;/h8-9,12,15H,3-7,10-11,13-14H2,1-2H3,(H,23,26)(H2,22,24,25);1H. The average molecular weight is 554 g/mol. The number of carbonyl (C=O) groups excluding carboxylic acids is 1. The van der Waals surface area contributed by atoms with Crippen molar-refractivity contribution >= 4 is 45.7 Å². The highest BCUT2D eigenvalue weighted by atomic mass is 127. The highest BCUT2D eigenvalue weighted by molar-refractivity contribution is 14.0. The van der Waals surface area contributed by atoms with E-state index in [-0.39, 0.29) is 48.1 Å². The van der Waals surface area contributed by atoms with Crippen LogP contribution in [0.25, 0.3) is 0 Å². The van der Waals surface area contributed by atoms with Gasteiger partial charge in [-0.05, 0) is 49.4 Å². The number of hydrogen-bond donors (Lipinski definition) is 3. The van der Waals surface area contributed by atoms with Gasteiger partial charge in [0.15, 0.2) is 15.8 Å². The van der Waals surface area contributed by atoms with Crippen molar-refractivity contribution in [3.05, 3.63) is 35.1 Å². The summed E-state index contributed by atoms with van der Waals surface area (Å²) < 4.78 is 36.8. The molecule has 30 heavy (non-hydrogen) atoms. The topological polar surface area (TPSA) is 99.7 Å². The van der Waals surface area contributed by atoms with E-state index in [4.69, 9.17) is 0 Å². The Bertz CT molecular complexity index is 829. The molecule has 0 spiro atoms. The van der Waals surface area contributed by atoms with Gasteiger partial charge in [0, 0.05) is 31.8 Å². The molecular formula is C20H32FIN4O3S. The van der Waals surface area contributed by atoms with Crippen LogP contribution in [-0.4, -0.2) is 46.2 Å². The van der Waals surface area contributed by atoms with Crippen LogP contribution in [0.2, 0.25) is 0 Å². The summed E-state index contributed by atoms with van der Waals surface area (Å²) in [5.74, 6) is 0.318. The van der Waals surface area contributed by atoms with Gasteiger partial charge in [0.25, 0.3) is 0 Å². The highest BCUT2D eigenvalue weighted by Crippen LogP contribution is 2.26. The van der Waals surface area contributed by atoms with E-state index in [1.54, 1.807) is 0 Å². The Morgan fingerprint density at radius 3 is 2.47 bits per heavy atom. The Morgan fingerprint density at radius 1 is 1.17 bits per heavy atom. The number of nitrogens with zero attached hydrogens (tertiary/aromatic N) is 1. The molecule has 0 heterocycles. The maximum Gasteiger partial charge on any atom is 0.223 e. The fraction of sp³-hybridized carbons (Fsp3) is 0.600. The van der Waals surface area contributed by atoms with Crippen LogP contribution in [0.3, 0.4) is 0 Å². The zero-order chi connectivity index (χ0) is 21.3. The smallest absolute Gasteiger partial charge is 0.223 e. The fourth-order valence-corrected chi connectivity index (χ4v) is 3.84. The third-order valence-corrected chi connectivity index (χ3v) is 5.59. The molecule has 0 unspecified atom stereocenters. The van der Waals surface area contributed by atoms with Crippen LogP contribution in [0.1, 0.15) is 43.7 Å². The van der Waals surface area contributed by atoms with E-state index >= 15 is 0 Å². The van der Waals surface area contributed by atoms with Crippen molar-refractivity contribution in [2.45, 2.75) is 44.9 Å².